The SMILES string of the molecule is CC(c1ccc(Cl)cc1)n1cccc1C=O. The second-order valence-corrected chi connectivity index (χ2v) is 4.12. The molecule has 2 nitrogen and oxygen atoms in total. The maximum Gasteiger partial charge on any atom is 0.166 e. The lowest BCUT2D eigenvalue weighted by atomic mass is 10.1. The summed E-state index contributed by atoms with van der Waals surface area (Å²) in [6.07, 6.45) is 2.77. The minimum atomic E-state index is 0.132. The predicted octanol–water partition coefficient (Wildman–Crippen LogP) is 3.56. The third-order valence-corrected chi connectivity index (χ3v) is 2.95. The molecule has 1 heterocycles. The molecule has 0 aliphatic rings. The monoisotopic (exact) mass is 233 g/mol. The lowest BCUT2D eigenvalue weighted by Crippen LogP contribution is -2.08. The molecular formula is C13H12ClNO. The maximum atomic E-state index is 10.8. The highest BCUT2D eigenvalue weighted by Crippen LogP contribution is 2.21. The zero-order chi connectivity index (χ0) is 11.5. The van der Waals surface area contributed by atoms with Crippen molar-refractivity contribution in [2.45, 2.75) is 13.0 Å². The molecule has 1 aromatic heterocycles. The number of hydrogen-bond acceptors (Lipinski definition) is 1. The first-order chi connectivity index (χ1) is 7.72. The van der Waals surface area contributed by atoms with Crippen LogP contribution in [0.25, 0.3) is 0 Å². The van der Waals surface area contributed by atoms with Crippen molar-refractivity contribution in [2.24, 2.45) is 0 Å². The van der Waals surface area contributed by atoms with E-state index in [4.69, 9.17) is 11.6 Å². The van der Waals surface area contributed by atoms with Crippen molar-refractivity contribution < 1.29 is 4.79 Å². The summed E-state index contributed by atoms with van der Waals surface area (Å²) >= 11 is 5.84. The Morgan fingerprint density at radius 1 is 1.25 bits per heavy atom. The van der Waals surface area contributed by atoms with E-state index >= 15 is 0 Å². The summed E-state index contributed by atoms with van der Waals surface area (Å²) in [6, 6.07) is 11.5. The van der Waals surface area contributed by atoms with Gasteiger partial charge in [0.05, 0.1) is 11.7 Å². The predicted molar refractivity (Wildman–Crippen MR) is 65.1 cm³/mol. The van der Waals surface area contributed by atoms with E-state index in [0.29, 0.717) is 5.69 Å². The first-order valence-electron chi connectivity index (χ1n) is 5.10. The Morgan fingerprint density at radius 3 is 2.56 bits per heavy atom. The quantitative estimate of drug-likeness (QED) is 0.743. The van der Waals surface area contributed by atoms with Gasteiger partial charge >= 0.3 is 0 Å². The molecule has 82 valence electrons. The Labute approximate surface area is 99.5 Å². The molecule has 1 aromatic carbocycles. The fourth-order valence-corrected chi connectivity index (χ4v) is 1.89. The molecule has 16 heavy (non-hydrogen) atoms. The standard InChI is InChI=1S/C13H12ClNO/c1-10(11-4-6-12(14)7-5-11)15-8-2-3-13(15)9-16/h2-10H,1H3. The van der Waals surface area contributed by atoms with Crippen molar-refractivity contribution in [1.29, 1.82) is 0 Å². The van der Waals surface area contributed by atoms with Gasteiger partial charge in [0.2, 0.25) is 0 Å². The highest BCUT2D eigenvalue weighted by atomic mass is 35.5. The van der Waals surface area contributed by atoms with Crippen LogP contribution < -0.4 is 0 Å². The molecule has 1 atom stereocenters. The first kappa shape index (κ1) is 11.0. The van der Waals surface area contributed by atoms with E-state index in [1.54, 1.807) is 6.07 Å². The van der Waals surface area contributed by atoms with E-state index < -0.39 is 0 Å². The number of hydrogen-bond donors (Lipinski definition) is 0. The lowest BCUT2D eigenvalue weighted by molar-refractivity contribution is 0.111. The fourth-order valence-electron chi connectivity index (χ4n) is 1.76. The zero-order valence-electron chi connectivity index (χ0n) is 8.93. The molecule has 0 saturated heterocycles. The van der Waals surface area contributed by atoms with Crippen LogP contribution in [0.15, 0.2) is 42.6 Å². The van der Waals surface area contributed by atoms with Gasteiger partial charge in [-0.25, -0.2) is 0 Å². The molecular weight excluding hydrogens is 222 g/mol. The Bertz CT molecular complexity index is 487. The van der Waals surface area contributed by atoms with Crippen LogP contribution in [0.4, 0.5) is 0 Å². The minimum Gasteiger partial charge on any atom is -0.338 e. The van der Waals surface area contributed by atoms with E-state index in [0.717, 1.165) is 16.9 Å². The number of halogens is 1. The van der Waals surface area contributed by atoms with E-state index in [1.165, 1.54) is 0 Å². The molecule has 0 fully saturated rings. The van der Waals surface area contributed by atoms with Crippen LogP contribution in [0.3, 0.4) is 0 Å². The molecule has 0 spiro atoms. The summed E-state index contributed by atoms with van der Waals surface area (Å²) in [6.45, 7) is 2.05. The van der Waals surface area contributed by atoms with Crippen molar-refractivity contribution in [3.05, 3.63) is 58.9 Å². The van der Waals surface area contributed by atoms with Gasteiger partial charge in [-0.2, -0.15) is 0 Å². The van der Waals surface area contributed by atoms with Crippen LogP contribution in [-0.4, -0.2) is 10.9 Å². The highest BCUT2D eigenvalue weighted by molar-refractivity contribution is 6.30. The summed E-state index contributed by atoms with van der Waals surface area (Å²) < 4.78 is 1.94. The van der Waals surface area contributed by atoms with Crippen molar-refractivity contribution in [3.8, 4) is 0 Å². The van der Waals surface area contributed by atoms with Gasteiger partial charge in [0.1, 0.15) is 0 Å². The number of rotatable bonds is 3. The van der Waals surface area contributed by atoms with Gasteiger partial charge < -0.3 is 4.57 Å². The summed E-state index contributed by atoms with van der Waals surface area (Å²) in [4.78, 5) is 10.8. The molecule has 1 unspecified atom stereocenters. The van der Waals surface area contributed by atoms with E-state index in [2.05, 4.69) is 6.92 Å². The zero-order valence-corrected chi connectivity index (χ0v) is 9.69. The third kappa shape index (κ3) is 2.02. The average Bonchev–Trinajstić information content (AvgIpc) is 2.77. The Kier molecular flexibility index (Phi) is 3.11. The van der Waals surface area contributed by atoms with Gasteiger partial charge in [-0.1, -0.05) is 23.7 Å². The van der Waals surface area contributed by atoms with Crippen molar-refractivity contribution in [3.63, 3.8) is 0 Å². The average molecular weight is 234 g/mol. The summed E-state index contributed by atoms with van der Waals surface area (Å²) in [5.74, 6) is 0. The van der Waals surface area contributed by atoms with Crippen molar-refractivity contribution in [2.75, 3.05) is 0 Å². The lowest BCUT2D eigenvalue weighted by Gasteiger charge is -2.15. The molecule has 0 radical (unpaired) electrons. The Hall–Kier alpha value is -1.54. The van der Waals surface area contributed by atoms with Crippen molar-refractivity contribution in [1.82, 2.24) is 4.57 Å². The van der Waals surface area contributed by atoms with Gasteiger partial charge in [-0.3, -0.25) is 4.79 Å². The molecule has 2 aromatic rings. The smallest absolute Gasteiger partial charge is 0.166 e. The van der Waals surface area contributed by atoms with Crippen LogP contribution in [-0.2, 0) is 0 Å². The van der Waals surface area contributed by atoms with Crippen LogP contribution in [0.5, 0.6) is 0 Å². The fraction of sp³-hybridized carbons (Fsp3) is 0.154. The minimum absolute atomic E-state index is 0.132. The van der Waals surface area contributed by atoms with Crippen molar-refractivity contribution >= 4 is 17.9 Å². The number of aldehydes is 1. The summed E-state index contributed by atoms with van der Waals surface area (Å²) in [5, 5.41) is 0.721. The van der Waals surface area contributed by atoms with Crippen LogP contribution >= 0.6 is 11.6 Å². The molecule has 0 aliphatic heterocycles. The molecule has 0 N–H and O–H groups in total. The molecule has 0 bridgehead atoms. The Balaban J connectivity index is 2.35. The second kappa shape index (κ2) is 4.54. The number of carbonyl (C=O) groups is 1. The molecule has 3 heteroatoms. The topological polar surface area (TPSA) is 22.0 Å². The number of benzene rings is 1. The molecule has 0 amide bonds. The van der Waals surface area contributed by atoms with Gasteiger partial charge in [-0.05, 0) is 36.8 Å². The van der Waals surface area contributed by atoms with Gasteiger partial charge in [0.15, 0.2) is 6.29 Å². The van der Waals surface area contributed by atoms with Crippen LogP contribution in [0.1, 0.15) is 29.0 Å². The molecule has 0 saturated carbocycles. The largest absolute Gasteiger partial charge is 0.338 e. The van der Waals surface area contributed by atoms with Crippen LogP contribution in [0.2, 0.25) is 5.02 Å². The number of nitrogens with zero attached hydrogens (tertiary/aromatic N) is 1. The summed E-state index contributed by atoms with van der Waals surface area (Å²) in [5.41, 5.74) is 1.81. The molecule has 0 aliphatic carbocycles. The van der Waals surface area contributed by atoms with Gasteiger partial charge in [0.25, 0.3) is 0 Å². The highest BCUT2D eigenvalue weighted by Gasteiger charge is 2.09. The van der Waals surface area contributed by atoms with E-state index in [-0.39, 0.29) is 6.04 Å². The van der Waals surface area contributed by atoms with Gasteiger partial charge in [0, 0.05) is 11.2 Å². The second-order valence-electron chi connectivity index (χ2n) is 3.69. The number of carbonyl (C=O) groups excluding carboxylic acids is 1. The third-order valence-electron chi connectivity index (χ3n) is 2.70. The molecule has 2 rings (SSSR count). The van der Waals surface area contributed by atoms with E-state index in [9.17, 15) is 4.79 Å². The maximum absolute atomic E-state index is 10.8. The van der Waals surface area contributed by atoms with E-state index in [1.807, 2.05) is 41.1 Å². The van der Waals surface area contributed by atoms with Crippen LogP contribution in [0, 0.1) is 0 Å². The van der Waals surface area contributed by atoms with Gasteiger partial charge in [-0.15, -0.1) is 0 Å². The Morgan fingerprint density at radius 2 is 1.94 bits per heavy atom. The summed E-state index contributed by atoms with van der Waals surface area (Å²) in [7, 11) is 0. The normalized spacial score (nSPS) is 12.4. The number of aromatic nitrogens is 1. The first-order valence-corrected chi connectivity index (χ1v) is 5.47.